The van der Waals surface area contributed by atoms with Crippen LogP contribution in [0.1, 0.15) is 11.1 Å². The zero-order valence-electron chi connectivity index (χ0n) is 10.3. The summed E-state index contributed by atoms with van der Waals surface area (Å²) >= 11 is 5.93. The van der Waals surface area contributed by atoms with Gasteiger partial charge in [0.15, 0.2) is 6.10 Å². The Kier molecular flexibility index (Phi) is 5.54. The lowest BCUT2D eigenvalue weighted by molar-refractivity contribution is -0.146. The summed E-state index contributed by atoms with van der Waals surface area (Å²) in [6.07, 6.45) is 1.19. The number of carbonyl (C=O) groups is 2. The van der Waals surface area contributed by atoms with E-state index < -0.39 is 18.0 Å². The fourth-order valence-corrected chi connectivity index (χ4v) is 1.42. The number of rotatable bonds is 5. The van der Waals surface area contributed by atoms with Crippen LogP contribution in [0.2, 0.25) is 5.02 Å². The molecule has 0 spiro atoms. The second-order valence-electron chi connectivity index (χ2n) is 3.94. The van der Waals surface area contributed by atoms with Crippen molar-refractivity contribution in [3.8, 4) is 0 Å². The Bertz CT molecular complexity index is 513. The Labute approximate surface area is 115 Å². The van der Waals surface area contributed by atoms with Crippen LogP contribution in [0.4, 0.5) is 0 Å². The van der Waals surface area contributed by atoms with Crippen LogP contribution in [0.25, 0.3) is 6.08 Å². The van der Waals surface area contributed by atoms with E-state index in [-0.39, 0.29) is 6.54 Å². The highest BCUT2D eigenvalue weighted by atomic mass is 35.5. The van der Waals surface area contributed by atoms with Crippen molar-refractivity contribution < 1.29 is 19.8 Å². The molecule has 0 saturated heterocycles. The summed E-state index contributed by atoms with van der Waals surface area (Å²) in [7, 11) is 0. The maximum atomic E-state index is 11.4. The first kappa shape index (κ1) is 15.2. The molecule has 1 aromatic rings. The van der Waals surface area contributed by atoms with Crippen molar-refractivity contribution in [1.82, 2.24) is 5.32 Å². The van der Waals surface area contributed by atoms with E-state index >= 15 is 0 Å². The van der Waals surface area contributed by atoms with Gasteiger partial charge < -0.3 is 15.5 Å². The summed E-state index contributed by atoms with van der Waals surface area (Å²) in [5, 5.41) is 20.3. The lowest BCUT2D eigenvalue weighted by Gasteiger charge is -2.05. The molecule has 0 aromatic heterocycles. The third-order valence-corrected chi connectivity index (χ3v) is 2.78. The number of carboxylic acids is 1. The molecule has 0 fully saturated rings. The van der Waals surface area contributed by atoms with Gasteiger partial charge in [0.25, 0.3) is 0 Å². The Morgan fingerprint density at radius 1 is 1.47 bits per heavy atom. The molecule has 102 valence electrons. The Morgan fingerprint density at radius 3 is 2.74 bits per heavy atom. The van der Waals surface area contributed by atoms with Gasteiger partial charge in [-0.2, -0.15) is 0 Å². The van der Waals surface area contributed by atoms with Crippen LogP contribution in [0.3, 0.4) is 0 Å². The third kappa shape index (κ3) is 5.11. The average Bonchev–Trinajstić information content (AvgIpc) is 2.37. The van der Waals surface area contributed by atoms with Crippen LogP contribution in [0.15, 0.2) is 24.3 Å². The minimum Gasteiger partial charge on any atom is -0.479 e. The van der Waals surface area contributed by atoms with Gasteiger partial charge in [-0.05, 0) is 30.2 Å². The molecule has 1 rings (SSSR count). The van der Waals surface area contributed by atoms with Crippen molar-refractivity contribution in [2.45, 2.75) is 13.0 Å². The Morgan fingerprint density at radius 2 is 2.16 bits per heavy atom. The summed E-state index contributed by atoms with van der Waals surface area (Å²) < 4.78 is 0. The fraction of sp³-hybridized carbons (Fsp3) is 0.231. The summed E-state index contributed by atoms with van der Waals surface area (Å²) in [4.78, 5) is 21.7. The molecular weight excluding hydrogens is 270 g/mol. The third-order valence-electron chi connectivity index (χ3n) is 2.38. The molecule has 1 atom stereocenters. The van der Waals surface area contributed by atoms with Crippen molar-refractivity contribution in [2.24, 2.45) is 0 Å². The lowest BCUT2D eigenvalue weighted by atomic mass is 10.1. The zero-order chi connectivity index (χ0) is 14.4. The van der Waals surface area contributed by atoms with E-state index in [1.807, 2.05) is 13.0 Å². The molecule has 0 unspecified atom stereocenters. The van der Waals surface area contributed by atoms with Gasteiger partial charge in [-0.25, -0.2) is 4.79 Å². The maximum absolute atomic E-state index is 11.4. The average molecular weight is 284 g/mol. The SMILES string of the molecule is Cc1ccc(/C=C/C(=O)NC[C@H](O)C(=O)O)cc1Cl. The number of hydrogen-bond donors (Lipinski definition) is 3. The quantitative estimate of drug-likeness (QED) is 0.709. The molecule has 1 amide bonds. The molecular formula is C13H14ClNO4. The predicted molar refractivity (Wildman–Crippen MR) is 71.9 cm³/mol. The predicted octanol–water partition coefficient (Wildman–Crippen LogP) is 1.22. The Balaban J connectivity index is 2.54. The van der Waals surface area contributed by atoms with Crippen molar-refractivity contribution in [2.75, 3.05) is 6.54 Å². The van der Waals surface area contributed by atoms with Crippen LogP contribution in [0, 0.1) is 6.92 Å². The van der Waals surface area contributed by atoms with E-state index in [4.69, 9.17) is 21.8 Å². The normalized spacial score (nSPS) is 12.4. The van der Waals surface area contributed by atoms with Crippen molar-refractivity contribution in [3.63, 3.8) is 0 Å². The van der Waals surface area contributed by atoms with Gasteiger partial charge in [0.1, 0.15) is 0 Å². The van der Waals surface area contributed by atoms with Gasteiger partial charge in [-0.3, -0.25) is 4.79 Å². The second kappa shape index (κ2) is 6.92. The first-order valence-electron chi connectivity index (χ1n) is 5.53. The minimum atomic E-state index is -1.61. The number of nitrogens with one attached hydrogen (secondary N) is 1. The molecule has 0 heterocycles. The summed E-state index contributed by atoms with van der Waals surface area (Å²) in [5.74, 6) is -1.87. The van der Waals surface area contributed by atoms with Gasteiger partial charge in [0.05, 0.1) is 6.54 Å². The number of carboxylic acid groups (broad SMARTS) is 1. The van der Waals surface area contributed by atoms with Crippen LogP contribution < -0.4 is 5.32 Å². The lowest BCUT2D eigenvalue weighted by Crippen LogP contribution is -2.35. The first-order valence-corrected chi connectivity index (χ1v) is 5.91. The van der Waals surface area contributed by atoms with Crippen molar-refractivity contribution in [3.05, 3.63) is 40.4 Å². The maximum Gasteiger partial charge on any atom is 0.334 e. The van der Waals surface area contributed by atoms with E-state index in [0.717, 1.165) is 11.1 Å². The van der Waals surface area contributed by atoms with Crippen molar-refractivity contribution in [1.29, 1.82) is 0 Å². The molecule has 1 aromatic carbocycles. The van der Waals surface area contributed by atoms with E-state index in [2.05, 4.69) is 5.32 Å². The van der Waals surface area contributed by atoms with Gasteiger partial charge in [-0.1, -0.05) is 23.7 Å². The molecule has 3 N–H and O–H groups in total. The monoisotopic (exact) mass is 283 g/mol. The van der Waals surface area contributed by atoms with E-state index in [1.54, 1.807) is 18.2 Å². The number of benzene rings is 1. The zero-order valence-corrected chi connectivity index (χ0v) is 11.0. The molecule has 0 aliphatic rings. The molecule has 6 heteroatoms. The number of carbonyl (C=O) groups excluding carboxylic acids is 1. The van der Waals surface area contributed by atoms with Gasteiger partial charge >= 0.3 is 5.97 Å². The molecule has 0 saturated carbocycles. The number of hydrogen-bond acceptors (Lipinski definition) is 3. The molecule has 0 radical (unpaired) electrons. The second-order valence-corrected chi connectivity index (χ2v) is 4.35. The number of aliphatic hydroxyl groups excluding tert-OH is 1. The number of aliphatic hydroxyl groups is 1. The highest BCUT2D eigenvalue weighted by molar-refractivity contribution is 6.31. The summed E-state index contributed by atoms with van der Waals surface area (Å²) in [6, 6.07) is 5.35. The molecule has 0 aliphatic carbocycles. The number of aryl methyl sites for hydroxylation is 1. The Hall–Kier alpha value is -1.85. The summed E-state index contributed by atoms with van der Waals surface area (Å²) in [6.45, 7) is 1.53. The van der Waals surface area contributed by atoms with Gasteiger partial charge in [0, 0.05) is 11.1 Å². The highest BCUT2D eigenvalue weighted by Crippen LogP contribution is 2.17. The highest BCUT2D eigenvalue weighted by Gasteiger charge is 2.12. The topological polar surface area (TPSA) is 86.6 Å². The van der Waals surface area contributed by atoms with Crippen molar-refractivity contribution >= 4 is 29.6 Å². The van der Waals surface area contributed by atoms with Crippen LogP contribution in [0.5, 0.6) is 0 Å². The van der Waals surface area contributed by atoms with Crippen LogP contribution in [-0.4, -0.2) is 34.7 Å². The van der Waals surface area contributed by atoms with E-state index in [1.165, 1.54) is 6.08 Å². The van der Waals surface area contributed by atoms with Crippen LogP contribution >= 0.6 is 11.6 Å². The molecule has 5 nitrogen and oxygen atoms in total. The van der Waals surface area contributed by atoms with Gasteiger partial charge in [-0.15, -0.1) is 0 Å². The molecule has 0 aliphatic heterocycles. The number of halogens is 1. The van der Waals surface area contributed by atoms with Gasteiger partial charge in [0.2, 0.25) is 5.91 Å². The fourth-order valence-electron chi connectivity index (χ4n) is 1.23. The largest absolute Gasteiger partial charge is 0.479 e. The number of aliphatic carboxylic acids is 1. The van der Waals surface area contributed by atoms with E-state index in [0.29, 0.717) is 5.02 Å². The summed E-state index contributed by atoms with van der Waals surface area (Å²) in [5.41, 5.74) is 1.69. The van der Waals surface area contributed by atoms with Crippen LogP contribution in [-0.2, 0) is 9.59 Å². The van der Waals surface area contributed by atoms with E-state index in [9.17, 15) is 9.59 Å². The smallest absolute Gasteiger partial charge is 0.334 e. The first-order chi connectivity index (χ1) is 8.90. The minimum absolute atomic E-state index is 0.340. The molecule has 19 heavy (non-hydrogen) atoms. The number of amides is 1. The molecule has 0 bridgehead atoms. The standard InChI is InChI=1S/C13H14ClNO4/c1-8-2-3-9(6-10(8)14)4-5-12(17)15-7-11(16)13(18)19/h2-6,11,16H,7H2,1H3,(H,15,17)(H,18,19)/b5-4+/t11-/m0/s1.